The molecule has 0 N–H and O–H groups in total. The number of rotatable bonds is 4. The Hall–Kier alpha value is -8.60. The molecule has 0 unspecified atom stereocenters. The van der Waals surface area contributed by atoms with E-state index in [0.717, 1.165) is 66.6 Å². The normalized spacial score (nSPS) is 13.0. The van der Waals surface area contributed by atoms with Crippen LogP contribution in [-0.2, 0) is 5.41 Å². The molecule has 0 atom stereocenters. The fourth-order valence-corrected chi connectivity index (χ4v) is 11.5. The first-order chi connectivity index (χ1) is 33.0. The quantitative estimate of drug-likeness (QED) is 0.168. The number of aromatic nitrogens is 4. The second-order valence-corrected chi connectivity index (χ2v) is 18.6. The van der Waals surface area contributed by atoms with Gasteiger partial charge < -0.3 is 18.3 Å². The minimum Gasteiger partial charge on any atom is -0.310 e. The van der Waals surface area contributed by atoms with E-state index in [9.17, 15) is 0 Å². The molecule has 4 heteroatoms. The van der Waals surface area contributed by atoms with Gasteiger partial charge in [-0.1, -0.05) is 129 Å². The molecule has 1 aliphatic carbocycles. The first kappa shape index (κ1) is 37.7. The third-order valence-electron chi connectivity index (χ3n) is 14.6. The molecule has 0 saturated carbocycles. The summed E-state index contributed by atoms with van der Waals surface area (Å²) in [7, 11) is 0. The van der Waals surface area contributed by atoms with Crippen LogP contribution in [0.1, 0.15) is 25.0 Å². The summed E-state index contributed by atoms with van der Waals surface area (Å²) in [5, 5.41) is 7.11. The second kappa shape index (κ2) is 14.2. The summed E-state index contributed by atoms with van der Waals surface area (Å²) < 4.78 is 9.78. The Balaban J connectivity index is 1.14. The Labute approximate surface area is 387 Å². The summed E-state index contributed by atoms with van der Waals surface area (Å²) in [5.74, 6) is 0. The Morgan fingerprint density at radius 1 is 0.299 bits per heavy atom. The van der Waals surface area contributed by atoms with Gasteiger partial charge in [-0.2, -0.15) is 0 Å². The largest absolute Gasteiger partial charge is 0.310 e. The van der Waals surface area contributed by atoms with E-state index in [2.05, 4.69) is 263 Å². The van der Waals surface area contributed by atoms with Gasteiger partial charge in [0.25, 0.3) is 0 Å². The van der Waals surface area contributed by atoms with E-state index < -0.39 is 0 Å². The van der Waals surface area contributed by atoms with Crippen molar-refractivity contribution in [3.05, 3.63) is 242 Å². The molecule has 3 heterocycles. The lowest BCUT2D eigenvalue weighted by Crippen LogP contribution is -2.15. The van der Waals surface area contributed by atoms with Crippen LogP contribution in [0.2, 0.25) is 0 Å². The average Bonchev–Trinajstić information content (AvgIpc) is 3.97. The van der Waals surface area contributed by atoms with Crippen LogP contribution in [0.15, 0.2) is 231 Å². The Morgan fingerprint density at radius 3 is 1.52 bits per heavy atom. The molecule has 8 bridgehead atoms. The molecule has 13 aromatic rings. The summed E-state index contributed by atoms with van der Waals surface area (Å²) in [4.78, 5) is 0. The third kappa shape index (κ3) is 5.54. The predicted molar refractivity (Wildman–Crippen MR) is 281 cm³/mol. The van der Waals surface area contributed by atoms with Gasteiger partial charge in [-0.05, 0) is 148 Å². The lowest BCUT2D eigenvalue weighted by molar-refractivity contribution is 0.660. The smallest absolute Gasteiger partial charge is 0.0562 e. The van der Waals surface area contributed by atoms with Gasteiger partial charge in [-0.25, -0.2) is 0 Å². The maximum atomic E-state index is 2.48. The summed E-state index contributed by atoms with van der Waals surface area (Å²) >= 11 is 0. The van der Waals surface area contributed by atoms with Crippen LogP contribution >= 0.6 is 0 Å². The molecule has 0 aliphatic heterocycles. The Morgan fingerprint density at radius 2 is 0.821 bits per heavy atom. The van der Waals surface area contributed by atoms with Gasteiger partial charge in [-0.3, -0.25) is 0 Å². The zero-order valence-electron chi connectivity index (χ0n) is 37.2. The van der Waals surface area contributed by atoms with Crippen molar-refractivity contribution in [2.45, 2.75) is 19.3 Å². The van der Waals surface area contributed by atoms with Crippen molar-refractivity contribution in [1.82, 2.24) is 18.3 Å². The van der Waals surface area contributed by atoms with Crippen LogP contribution in [0.4, 0.5) is 0 Å². The van der Waals surface area contributed by atoms with Crippen molar-refractivity contribution in [3.8, 4) is 33.9 Å². The molecule has 3 aromatic heterocycles. The molecular formula is C63H44N4. The van der Waals surface area contributed by atoms with Crippen molar-refractivity contribution in [3.63, 3.8) is 0 Å². The number of para-hydroxylation sites is 3. The minimum atomic E-state index is -0.136. The first-order valence-electron chi connectivity index (χ1n) is 23.3. The minimum absolute atomic E-state index is 0.136. The monoisotopic (exact) mass is 856 g/mol. The van der Waals surface area contributed by atoms with Crippen molar-refractivity contribution < 1.29 is 0 Å². The van der Waals surface area contributed by atoms with Crippen molar-refractivity contribution in [1.29, 1.82) is 0 Å². The van der Waals surface area contributed by atoms with Crippen molar-refractivity contribution in [2.24, 2.45) is 0 Å². The highest BCUT2D eigenvalue weighted by atomic mass is 15.0. The number of fused-ring (bicyclic) bond motifs is 13. The molecule has 14 rings (SSSR count). The van der Waals surface area contributed by atoms with E-state index in [0.29, 0.717) is 0 Å². The van der Waals surface area contributed by atoms with Crippen LogP contribution in [-0.4, -0.2) is 18.3 Å². The molecule has 316 valence electrons. The van der Waals surface area contributed by atoms with Gasteiger partial charge in [0.05, 0.1) is 27.8 Å². The Bertz CT molecular complexity index is 4230. The van der Waals surface area contributed by atoms with Gasteiger partial charge in [-0.15, -0.1) is 0 Å². The van der Waals surface area contributed by atoms with Gasteiger partial charge in [0, 0.05) is 66.1 Å². The van der Waals surface area contributed by atoms with Crippen LogP contribution < -0.4 is 0 Å². The molecule has 4 nitrogen and oxygen atoms in total. The van der Waals surface area contributed by atoms with Crippen LogP contribution in [0.3, 0.4) is 0 Å². The third-order valence-corrected chi connectivity index (χ3v) is 14.6. The van der Waals surface area contributed by atoms with Gasteiger partial charge >= 0.3 is 0 Å². The zero-order chi connectivity index (χ0) is 44.4. The highest BCUT2D eigenvalue weighted by molar-refractivity contribution is 6.15. The van der Waals surface area contributed by atoms with E-state index in [-0.39, 0.29) is 5.41 Å². The highest BCUT2D eigenvalue weighted by Gasteiger charge is 2.35. The standard InChI is InChI=1S/C63H44N4/c1-63(2)55-26-11-9-24-50(55)51-33-30-49(40-56(51)63)64-45-22-13-16-41(36-45)42-17-14-23-46(37-42)65(60-28-15-29-61-62(60)52-25-10-12-27-57(52)67(61)44-20-7-4-8-21-44)48-32-35-59-54(39-48)53-38-47(64)31-34-58(53)66(59)43-18-5-3-6-19-43/h3-40H,1-2H3. The molecule has 0 fully saturated rings. The number of benzene rings is 10. The van der Waals surface area contributed by atoms with E-state index >= 15 is 0 Å². The second-order valence-electron chi connectivity index (χ2n) is 18.6. The van der Waals surface area contributed by atoms with Crippen LogP contribution in [0.5, 0.6) is 0 Å². The maximum absolute atomic E-state index is 2.48. The molecule has 0 radical (unpaired) electrons. The number of hydrogen-bond donors (Lipinski definition) is 0. The zero-order valence-corrected chi connectivity index (χ0v) is 37.2. The molecule has 67 heavy (non-hydrogen) atoms. The lowest BCUT2D eigenvalue weighted by Gasteiger charge is -2.22. The van der Waals surface area contributed by atoms with E-state index in [1.54, 1.807) is 0 Å². The fourth-order valence-electron chi connectivity index (χ4n) is 11.5. The van der Waals surface area contributed by atoms with Crippen LogP contribution in [0.25, 0.3) is 110 Å². The first-order valence-corrected chi connectivity index (χ1v) is 23.3. The van der Waals surface area contributed by atoms with Gasteiger partial charge in [0.1, 0.15) is 0 Å². The number of nitrogens with zero attached hydrogens (tertiary/aromatic N) is 4. The maximum Gasteiger partial charge on any atom is 0.0562 e. The average molecular weight is 857 g/mol. The summed E-state index contributed by atoms with van der Waals surface area (Å²) in [5.41, 5.74) is 18.8. The van der Waals surface area contributed by atoms with E-state index in [4.69, 9.17) is 0 Å². The molecule has 0 saturated heterocycles. The SMILES string of the molecule is CC1(C)c2ccccc2-c2ccc(-n3c4cccc(c4)c4cccc(c4)n(-c4cccc5c4c4ccccc4n5-c4ccccc4)c4ccc5c(c4)c4cc3ccc4n5-c3ccccc3)cc21. The summed E-state index contributed by atoms with van der Waals surface area (Å²) in [6, 6.07) is 85.5. The summed E-state index contributed by atoms with van der Waals surface area (Å²) in [6.45, 7) is 4.73. The van der Waals surface area contributed by atoms with Gasteiger partial charge in [0.2, 0.25) is 0 Å². The fraction of sp³-hybridized carbons (Fsp3) is 0.0476. The molecule has 0 spiro atoms. The van der Waals surface area contributed by atoms with E-state index in [1.165, 1.54) is 54.8 Å². The molecular weight excluding hydrogens is 813 g/mol. The van der Waals surface area contributed by atoms with Gasteiger partial charge in [0.15, 0.2) is 0 Å². The highest BCUT2D eigenvalue weighted by Crippen LogP contribution is 2.49. The number of hydrogen-bond acceptors (Lipinski definition) is 0. The van der Waals surface area contributed by atoms with E-state index in [1.807, 2.05) is 0 Å². The molecule has 10 aromatic carbocycles. The lowest BCUT2D eigenvalue weighted by atomic mass is 9.82. The van der Waals surface area contributed by atoms with Crippen LogP contribution in [0, 0.1) is 0 Å². The molecule has 1 aliphatic rings. The summed E-state index contributed by atoms with van der Waals surface area (Å²) in [6.07, 6.45) is 0. The molecule has 0 amide bonds. The topological polar surface area (TPSA) is 19.7 Å². The Kier molecular flexibility index (Phi) is 8.00. The van der Waals surface area contributed by atoms with Crippen molar-refractivity contribution >= 4 is 76.5 Å². The van der Waals surface area contributed by atoms with Crippen molar-refractivity contribution in [2.75, 3.05) is 0 Å². The predicted octanol–water partition coefficient (Wildman–Crippen LogP) is 16.4.